The lowest BCUT2D eigenvalue weighted by Crippen LogP contribution is -2.56. The Morgan fingerprint density at radius 3 is 2.87 bits per heavy atom. The fourth-order valence-electron chi connectivity index (χ4n) is 5.71. The van der Waals surface area contributed by atoms with Crippen LogP contribution < -0.4 is 20.9 Å². The number of aliphatic hydroxyl groups excluding tert-OH is 1. The van der Waals surface area contributed by atoms with E-state index in [0.717, 1.165) is 45.2 Å². The van der Waals surface area contributed by atoms with Crippen LogP contribution in [0.1, 0.15) is 32.1 Å². The van der Waals surface area contributed by atoms with Crippen molar-refractivity contribution in [3.05, 3.63) is 0 Å². The van der Waals surface area contributed by atoms with E-state index >= 15 is 0 Å². The molecule has 0 aromatic rings. The summed E-state index contributed by atoms with van der Waals surface area (Å²) in [6, 6.07) is 0.186. The van der Waals surface area contributed by atoms with Crippen LogP contribution in [-0.2, 0) is 14.8 Å². The summed E-state index contributed by atoms with van der Waals surface area (Å²) in [6.07, 6.45) is 4.29. The van der Waals surface area contributed by atoms with Gasteiger partial charge in [-0.1, -0.05) is 6.42 Å². The topological polar surface area (TPSA) is 118 Å². The number of fused-ring (bicyclic) bond motifs is 1. The predicted octanol–water partition coefficient (Wildman–Crippen LogP) is -1.59. The number of likely N-dealkylation sites (N-methyl/N-ethyl adjacent to an activating group) is 1. The molecule has 174 valence electrons. The maximum absolute atomic E-state index is 13.2. The van der Waals surface area contributed by atoms with Gasteiger partial charge in [-0.2, -0.15) is 0 Å². The third-order valence-corrected chi connectivity index (χ3v) is 9.22. The molecule has 30 heavy (non-hydrogen) atoms. The Labute approximate surface area is 180 Å². The number of methoxy groups -OCH3 is 1. The van der Waals surface area contributed by atoms with Crippen molar-refractivity contribution in [3.8, 4) is 0 Å². The molecule has 5 N–H and O–H groups in total. The molecule has 0 aromatic carbocycles. The molecule has 1 saturated carbocycles. The van der Waals surface area contributed by atoms with Crippen LogP contribution in [0.25, 0.3) is 0 Å². The number of hydrogen-bond donors (Lipinski definition) is 5. The zero-order chi connectivity index (χ0) is 21.3. The van der Waals surface area contributed by atoms with Crippen molar-refractivity contribution in [2.24, 2.45) is 11.8 Å². The summed E-state index contributed by atoms with van der Waals surface area (Å²) in [5.74, 6) is 0.660. The molecule has 6 unspecified atom stereocenters. The van der Waals surface area contributed by atoms with Crippen LogP contribution in [0.4, 0.5) is 0 Å². The molecule has 3 saturated heterocycles. The average Bonchev–Trinajstić information content (AvgIpc) is 3.37. The van der Waals surface area contributed by atoms with Gasteiger partial charge in [0, 0.05) is 45.9 Å². The van der Waals surface area contributed by atoms with Crippen LogP contribution in [0.5, 0.6) is 0 Å². The maximum atomic E-state index is 13.2. The average molecular weight is 447 g/mol. The van der Waals surface area contributed by atoms with Crippen molar-refractivity contribution in [2.75, 3.05) is 46.9 Å². The summed E-state index contributed by atoms with van der Waals surface area (Å²) in [5.41, 5.74) is 6.64. The van der Waals surface area contributed by atoms with Gasteiger partial charge in [-0.15, -0.1) is 0 Å². The molecule has 0 radical (unpaired) electrons. The molecule has 7 atom stereocenters. The Hall–Kier alpha value is -0.370. The SMILES string of the molecule is COC[C@@H](O)C1CCNC(N2CC(S(=O)(=O)NC3CCCC4CNN(C)C43)CN2)C1. The molecule has 4 rings (SSSR count). The zero-order valence-electron chi connectivity index (χ0n) is 18.1. The third kappa shape index (κ3) is 4.84. The lowest BCUT2D eigenvalue weighted by molar-refractivity contribution is -0.00879. The first-order chi connectivity index (χ1) is 14.4. The van der Waals surface area contributed by atoms with E-state index in [1.807, 2.05) is 12.1 Å². The van der Waals surface area contributed by atoms with Crippen molar-refractivity contribution < 1.29 is 18.3 Å². The molecule has 4 fully saturated rings. The largest absolute Gasteiger partial charge is 0.390 e. The maximum Gasteiger partial charge on any atom is 0.217 e. The molecule has 3 heterocycles. The number of rotatable bonds is 7. The second-order valence-electron chi connectivity index (χ2n) is 9.34. The number of ether oxygens (including phenoxy) is 1. The number of sulfonamides is 1. The molecule has 10 nitrogen and oxygen atoms in total. The van der Waals surface area contributed by atoms with Crippen LogP contribution in [0.15, 0.2) is 0 Å². The minimum atomic E-state index is -3.44. The second-order valence-corrected chi connectivity index (χ2v) is 11.3. The van der Waals surface area contributed by atoms with Gasteiger partial charge in [0.1, 0.15) is 5.25 Å². The van der Waals surface area contributed by atoms with Crippen molar-refractivity contribution >= 4 is 10.0 Å². The van der Waals surface area contributed by atoms with Crippen LogP contribution in [-0.4, -0.2) is 100 Å². The van der Waals surface area contributed by atoms with Gasteiger partial charge in [-0.25, -0.2) is 23.2 Å². The highest BCUT2D eigenvalue weighted by Gasteiger charge is 2.44. The van der Waals surface area contributed by atoms with Gasteiger partial charge >= 0.3 is 0 Å². The lowest BCUT2D eigenvalue weighted by Gasteiger charge is -2.38. The van der Waals surface area contributed by atoms with E-state index in [0.29, 0.717) is 25.6 Å². The minimum Gasteiger partial charge on any atom is -0.390 e. The number of piperidine rings is 1. The first-order valence-electron chi connectivity index (χ1n) is 11.3. The van der Waals surface area contributed by atoms with Gasteiger partial charge in [0.25, 0.3) is 0 Å². The van der Waals surface area contributed by atoms with E-state index < -0.39 is 21.4 Å². The number of nitrogens with zero attached hydrogens (tertiary/aromatic N) is 2. The molecule has 0 bridgehead atoms. The Kier molecular flexibility index (Phi) is 7.33. The van der Waals surface area contributed by atoms with Gasteiger partial charge in [0.2, 0.25) is 10.0 Å². The highest BCUT2D eigenvalue weighted by atomic mass is 32.2. The normalized spacial score (nSPS) is 39.8. The molecule has 0 aromatic heterocycles. The zero-order valence-corrected chi connectivity index (χ0v) is 18.9. The summed E-state index contributed by atoms with van der Waals surface area (Å²) in [7, 11) is 0.173. The summed E-state index contributed by atoms with van der Waals surface area (Å²) < 4.78 is 34.5. The third-order valence-electron chi connectivity index (χ3n) is 7.39. The second kappa shape index (κ2) is 9.63. The van der Waals surface area contributed by atoms with Crippen LogP contribution in [0, 0.1) is 11.8 Å². The Morgan fingerprint density at radius 2 is 2.07 bits per heavy atom. The smallest absolute Gasteiger partial charge is 0.217 e. The van der Waals surface area contributed by atoms with Crippen molar-refractivity contribution in [1.82, 2.24) is 30.9 Å². The first kappa shape index (κ1) is 22.8. The molecule has 4 aliphatic rings. The Bertz CT molecular complexity index is 680. The van der Waals surface area contributed by atoms with Gasteiger partial charge in [0.05, 0.1) is 18.9 Å². The molecular weight excluding hydrogens is 408 g/mol. The Balaban J connectivity index is 1.34. The van der Waals surface area contributed by atoms with E-state index in [2.05, 4.69) is 25.9 Å². The lowest BCUT2D eigenvalue weighted by atomic mass is 9.82. The molecular formula is C19H38N6O4S. The molecule has 3 aliphatic heterocycles. The highest BCUT2D eigenvalue weighted by molar-refractivity contribution is 7.90. The van der Waals surface area contributed by atoms with E-state index in [4.69, 9.17) is 4.74 Å². The van der Waals surface area contributed by atoms with E-state index in [1.165, 1.54) is 0 Å². The molecule has 0 amide bonds. The van der Waals surface area contributed by atoms with E-state index in [-0.39, 0.29) is 24.2 Å². The van der Waals surface area contributed by atoms with Gasteiger partial charge in [-0.05, 0) is 44.1 Å². The highest BCUT2D eigenvalue weighted by Crippen LogP contribution is 2.31. The number of hydrogen-bond acceptors (Lipinski definition) is 9. The number of aliphatic hydroxyl groups is 1. The van der Waals surface area contributed by atoms with Crippen LogP contribution in [0.2, 0.25) is 0 Å². The monoisotopic (exact) mass is 446 g/mol. The molecule has 1 aliphatic carbocycles. The van der Waals surface area contributed by atoms with Gasteiger partial charge < -0.3 is 15.2 Å². The van der Waals surface area contributed by atoms with Crippen molar-refractivity contribution in [2.45, 2.75) is 61.7 Å². The van der Waals surface area contributed by atoms with Crippen LogP contribution >= 0.6 is 0 Å². The fraction of sp³-hybridized carbons (Fsp3) is 1.00. The summed E-state index contributed by atoms with van der Waals surface area (Å²) in [6.45, 7) is 2.91. The van der Waals surface area contributed by atoms with E-state index in [1.54, 1.807) is 7.11 Å². The van der Waals surface area contributed by atoms with Gasteiger partial charge in [0.15, 0.2) is 0 Å². The number of nitrogens with one attached hydrogen (secondary N) is 4. The summed E-state index contributed by atoms with van der Waals surface area (Å²) in [4.78, 5) is 0. The predicted molar refractivity (Wildman–Crippen MR) is 114 cm³/mol. The summed E-state index contributed by atoms with van der Waals surface area (Å²) in [5, 5.41) is 17.4. The number of hydrazine groups is 2. The van der Waals surface area contributed by atoms with Crippen LogP contribution in [0.3, 0.4) is 0 Å². The van der Waals surface area contributed by atoms with E-state index in [9.17, 15) is 13.5 Å². The quantitative estimate of drug-likeness (QED) is 0.316. The first-order valence-corrected chi connectivity index (χ1v) is 12.8. The molecule has 11 heteroatoms. The fourth-order valence-corrected chi connectivity index (χ4v) is 7.23. The van der Waals surface area contributed by atoms with Crippen molar-refractivity contribution in [1.29, 1.82) is 0 Å². The minimum absolute atomic E-state index is 0.0136. The van der Waals surface area contributed by atoms with Crippen molar-refractivity contribution in [3.63, 3.8) is 0 Å². The van der Waals surface area contributed by atoms with Gasteiger partial charge in [-0.3, -0.25) is 10.9 Å². The standard InChI is InChI=1S/C19H38N6O4S/c1-24-19-14(9-21-24)4-3-5-16(19)23-30(27,28)15-10-22-25(11-15)18-8-13(6-7-20-18)17(26)12-29-2/h13-23,26H,3-12H2,1-2H3/t13?,14?,15?,16?,17-,18?,19?/m1/s1. The summed E-state index contributed by atoms with van der Waals surface area (Å²) >= 11 is 0. The molecule has 0 spiro atoms. The Morgan fingerprint density at radius 1 is 1.23 bits per heavy atom.